The van der Waals surface area contributed by atoms with Crippen molar-refractivity contribution in [3.63, 3.8) is 0 Å². The van der Waals surface area contributed by atoms with E-state index in [1.807, 2.05) is 11.1 Å². The maximum Gasteiger partial charge on any atom is 0.222 e. The van der Waals surface area contributed by atoms with Gasteiger partial charge < -0.3 is 10.2 Å². The van der Waals surface area contributed by atoms with E-state index in [2.05, 4.69) is 43.2 Å². The van der Waals surface area contributed by atoms with Gasteiger partial charge in [0, 0.05) is 48.8 Å². The average Bonchev–Trinajstić information content (AvgIpc) is 2.96. The molecule has 2 rings (SSSR count). The van der Waals surface area contributed by atoms with E-state index in [9.17, 15) is 4.79 Å². The average molecular weight is 278 g/mol. The largest absolute Gasteiger partial charge is 0.341 e. The number of likely N-dealkylation sites (tertiary alicyclic amines) is 1. The normalized spacial score (nSPS) is 17.8. The summed E-state index contributed by atoms with van der Waals surface area (Å²) in [5.41, 5.74) is 2.45. The zero-order valence-corrected chi connectivity index (χ0v) is 13.0. The van der Waals surface area contributed by atoms with Crippen LogP contribution in [0.15, 0.2) is 6.20 Å². The Balaban J connectivity index is 1.86. The molecule has 1 fully saturated rings. The molecule has 0 bridgehead atoms. The van der Waals surface area contributed by atoms with E-state index >= 15 is 0 Å². The molecular weight excluding hydrogens is 252 g/mol. The molecule has 1 amide bonds. The molecule has 1 atom stereocenters. The highest BCUT2D eigenvalue weighted by molar-refractivity contribution is 5.78. The van der Waals surface area contributed by atoms with Crippen molar-refractivity contribution < 1.29 is 4.79 Å². The Morgan fingerprint density at radius 1 is 1.50 bits per heavy atom. The van der Waals surface area contributed by atoms with E-state index in [4.69, 9.17) is 0 Å². The highest BCUT2D eigenvalue weighted by atomic mass is 16.2. The predicted molar refractivity (Wildman–Crippen MR) is 79.4 cm³/mol. The first kappa shape index (κ1) is 15.0. The summed E-state index contributed by atoms with van der Waals surface area (Å²) in [6.45, 7) is 11.1. The van der Waals surface area contributed by atoms with Crippen LogP contribution in [0.1, 0.15) is 51.8 Å². The minimum absolute atomic E-state index is 0.0711. The molecule has 1 aromatic heterocycles. The third-order valence-electron chi connectivity index (χ3n) is 3.77. The van der Waals surface area contributed by atoms with Crippen molar-refractivity contribution in [3.8, 4) is 0 Å². The molecule has 1 aliphatic rings. The van der Waals surface area contributed by atoms with Crippen LogP contribution in [-0.2, 0) is 16.8 Å². The molecule has 20 heavy (non-hydrogen) atoms. The maximum absolute atomic E-state index is 11.6. The van der Waals surface area contributed by atoms with E-state index in [-0.39, 0.29) is 11.3 Å². The number of carbonyl (C=O) groups is 1. The lowest BCUT2D eigenvalue weighted by atomic mass is 9.89. The number of aromatic nitrogens is 2. The van der Waals surface area contributed by atoms with Gasteiger partial charge in [0.1, 0.15) is 0 Å². The summed E-state index contributed by atoms with van der Waals surface area (Å²) in [6, 6.07) is 0.291. The van der Waals surface area contributed by atoms with Gasteiger partial charge in [0.15, 0.2) is 0 Å². The van der Waals surface area contributed by atoms with Crippen molar-refractivity contribution in [2.24, 2.45) is 0 Å². The summed E-state index contributed by atoms with van der Waals surface area (Å²) in [7, 11) is 0. The smallest absolute Gasteiger partial charge is 0.222 e. The summed E-state index contributed by atoms with van der Waals surface area (Å²) in [5, 5.41) is 10.7. The molecule has 0 radical (unpaired) electrons. The van der Waals surface area contributed by atoms with Gasteiger partial charge in [-0.05, 0) is 13.3 Å². The third kappa shape index (κ3) is 3.60. The van der Waals surface area contributed by atoms with E-state index < -0.39 is 0 Å². The number of hydrogen-bond acceptors (Lipinski definition) is 3. The zero-order chi connectivity index (χ0) is 14.8. The summed E-state index contributed by atoms with van der Waals surface area (Å²) in [4.78, 5) is 13.6. The summed E-state index contributed by atoms with van der Waals surface area (Å²) in [5.74, 6) is 0.289. The molecule has 0 aromatic carbocycles. The van der Waals surface area contributed by atoms with Crippen LogP contribution in [0.25, 0.3) is 0 Å². The standard InChI is InChI=1S/C15H26N4O/c1-11(10-19-7-5-6-13(19)20)16-8-12-9-17-18-14(12)15(2,3)4/h9,11,16H,5-8,10H2,1-4H3,(H,17,18)/t11-/m0/s1. The van der Waals surface area contributed by atoms with Gasteiger partial charge in [0.25, 0.3) is 0 Å². The van der Waals surface area contributed by atoms with E-state index in [0.29, 0.717) is 12.5 Å². The highest BCUT2D eigenvalue weighted by Crippen LogP contribution is 2.23. The second-order valence-electron chi connectivity index (χ2n) is 6.75. The Morgan fingerprint density at radius 2 is 2.25 bits per heavy atom. The van der Waals surface area contributed by atoms with Gasteiger partial charge in [-0.2, -0.15) is 5.10 Å². The van der Waals surface area contributed by atoms with Gasteiger partial charge in [0.05, 0.1) is 6.20 Å². The lowest BCUT2D eigenvalue weighted by Gasteiger charge is -2.23. The van der Waals surface area contributed by atoms with Gasteiger partial charge >= 0.3 is 0 Å². The fourth-order valence-electron chi connectivity index (χ4n) is 2.67. The Kier molecular flexibility index (Phi) is 4.48. The maximum atomic E-state index is 11.6. The molecule has 112 valence electrons. The SMILES string of the molecule is C[C@@H](CN1CCCC1=O)NCc1cn[nH]c1C(C)(C)C. The number of carbonyl (C=O) groups excluding carboxylic acids is 1. The minimum atomic E-state index is 0.0711. The first-order chi connectivity index (χ1) is 9.38. The van der Waals surface area contributed by atoms with E-state index in [0.717, 1.165) is 26.1 Å². The van der Waals surface area contributed by atoms with Gasteiger partial charge in [-0.15, -0.1) is 0 Å². The molecule has 2 N–H and O–H groups in total. The molecule has 0 unspecified atom stereocenters. The van der Waals surface area contributed by atoms with Crippen molar-refractivity contribution >= 4 is 5.91 Å². The summed E-state index contributed by atoms with van der Waals surface area (Å²) < 4.78 is 0. The Morgan fingerprint density at radius 3 is 2.85 bits per heavy atom. The van der Waals surface area contributed by atoms with Gasteiger partial charge in [-0.1, -0.05) is 20.8 Å². The molecule has 0 aliphatic carbocycles. The number of nitrogens with zero attached hydrogens (tertiary/aromatic N) is 2. The van der Waals surface area contributed by atoms with Crippen LogP contribution in [0.2, 0.25) is 0 Å². The molecule has 0 spiro atoms. The molecular formula is C15H26N4O. The van der Waals surface area contributed by atoms with E-state index in [1.165, 1.54) is 11.3 Å². The lowest BCUT2D eigenvalue weighted by Crippen LogP contribution is -2.39. The summed E-state index contributed by atoms with van der Waals surface area (Å²) >= 11 is 0. The predicted octanol–water partition coefficient (Wildman–Crippen LogP) is 1.81. The van der Waals surface area contributed by atoms with Gasteiger partial charge in [-0.3, -0.25) is 9.89 Å². The van der Waals surface area contributed by atoms with Crippen molar-refractivity contribution in [3.05, 3.63) is 17.5 Å². The third-order valence-corrected chi connectivity index (χ3v) is 3.77. The zero-order valence-electron chi connectivity index (χ0n) is 13.0. The molecule has 5 nitrogen and oxygen atoms in total. The van der Waals surface area contributed by atoms with Crippen molar-refractivity contribution in [2.75, 3.05) is 13.1 Å². The number of amides is 1. The van der Waals surface area contributed by atoms with Crippen LogP contribution in [0.3, 0.4) is 0 Å². The second kappa shape index (κ2) is 5.95. The molecule has 1 aromatic rings. The molecule has 0 saturated carbocycles. The van der Waals surface area contributed by atoms with Gasteiger partial charge in [-0.25, -0.2) is 0 Å². The quantitative estimate of drug-likeness (QED) is 0.863. The number of H-pyrrole nitrogens is 1. The van der Waals surface area contributed by atoms with Crippen LogP contribution in [0.5, 0.6) is 0 Å². The minimum Gasteiger partial charge on any atom is -0.341 e. The Hall–Kier alpha value is -1.36. The topological polar surface area (TPSA) is 61.0 Å². The fourth-order valence-corrected chi connectivity index (χ4v) is 2.67. The number of aromatic amines is 1. The van der Waals surface area contributed by atoms with Crippen LogP contribution in [-0.4, -0.2) is 40.1 Å². The van der Waals surface area contributed by atoms with Crippen molar-refractivity contribution in [1.29, 1.82) is 0 Å². The van der Waals surface area contributed by atoms with Gasteiger partial charge in [0.2, 0.25) is 5.91 Å². The first-order valence-corrected chi connectivity index (χ1v) is 7.42. The molecule has 5 heteroatoms. The van der Waals surface area contributed by atoms with Crippen molar-refractivity contribution in [2.45, 2.75) is 58.5 Å². The molecule has 2 heterocycles. The van der Waals surface area contributed by atoms with Crippen LogP contribution >= 0.6 is 0 Å². The lowest BCUT2D eigenvalue weighted by molar-refractivity contribution is -0.127. The highest BCUT2D eigenvalue weighted by Gasteiger charge is 2.23. The second-order valence-corrected chi connectivity index (χ2v) is 6.75. The van der Waals surface area contributed by atoms with Crippen LogP contribution in [0, 0.1) is 0 Å². The summed E-state index contributed by atoms with van der Waals surface area (Å²) in [6.07, 6.45) is 3.60. The molecule has 1 aliphatic heterocycles. The number of rotatable bonds is 5. The number of hydrogen-bond donors (Lipinski definition) is 2. The first-order valence-electron chi connectivity index (χ1n) is 7.42. The number of nitrogens with one attached hydrogen (secondary N) is 2. The fraction of sp³-hybridized carbons (Fsp3) is 0.733. The van der Waals surface area contributed by atoms with Crippen LogP contribution < -0.4 is 5.32 Å². The van der Waals surface area contributed by atoms with Crippen molar-refractivity contribution in [1.82, 2.24) is 20.4 Å². The Bertz CT molecular complexity index is 461. The molecule has 1 saturated heterocycles. The monoisotopic (exact) mass is 278 g/mol. The Labute approximate surface area is 121 Å². The van der Waals surface area contributed by atoms with E-state index in [1.54, 1.807) is 0 Å². The van der Waals surface area contributed by atoms with Crippen LogP contribution in [0.4, 0.5) is 0 Å².